The molecule has 12 heteroatoms. The number of aromatic nitrogens is 1. The lowest BCUT2D eigenvalue weighted by Crippen LogP contribution is -2.43. The van der Waals surface area contributed by atoms with Crippen LogP contribution in [-0.4, -0.2) is 67.3 Å². The molecule has 0 saturated carbocycles. The molecule has 0 aliphatic carbocycles. The monoisotopic (exact) mass is 588 g/mol. The second-order valence-corrected chi connectivity index (χ2v) is 11.5. The Morgan fingerprint density at radius 3 is 2.20 bits per heavy atom. The summed E-state index contributed by atoms with van der Waals surface area (Å²) in [5, 5.41) is 1.23. The van der Waals surface area contributed by atoms with E-state index in [4.69, 9.17) is 40.4 Å². The molecule has 2 unspecified atom stereocenters. The quantitative estimate of drug-likeness (QED) is 0.285. The van der Waals surface area contributed by atoms with Crippen LogP contribution in [0.15, 0.2) is 84.9 Å². The number of benzene rings is 4. The molecular formula is C33H28B6F2N2O2. The third-order valence-electron chi connectivity index (χ3n) is 8.61. The molecule has 4 nitrogen and oxygen atoms in total. The van der Waals surface area contributed by atoms with E-state index in [-0.39, 0.29) is 23.7 Å². The van der Waals surface area contributed by atoms with Crippen molar-refractivity contribution in [2.24, 2.45) is 0 Å². The molecule has 7 rings (SSSR count). The van der Waals surface area contributed by atoms with Gasteiger partial charge in [-0.3, -0.25) is 4.90 Å². The Morgan fingerprint density at radius 2 is 1.53 bits per heavy atom. The van der Waals surface area contributed by atoms with E-state index in [1.165, 1.54) is 39.9 Å². The number of nitrogens with one attached hydrogen (secondary N) is 1. The lowest BCUT2D eigenvalue weighted by molar-refractivity contribution is 0.127. The maximum absolute atomic E-state index is 13.9. The SMILES string of the molecule is COc1cc2c(cc1OCc1ccc(F)cc1)C1Cc3c([nH]c4ccccc34)C(c3ccc(F)cc3)N1CC2.[B]B([B])B([B])[B]. The molecule has 5 aromatic rings. The van der Waals surface area contributed by atoms with Crippen LogP contribution < -0.4 is 9.47 Å². The van der Waals surface area contributed by atoms with Crippen molar-refractivity contribution in [2.45, 2.75) is 31.5 Å². The number of para-hydroxylation sites is 1. The first-order chi connectivity index (χ1) is 21.7. The minimum Gasteiger partial charge on any atom is -0.493 e. The Morgan fingerprint density at radius 1 is 0.867 bits per heavy atom. The molecule has 8 radical (unpaired) electrons. The molecule has 214 valence electrons. The largest absolute Gasteiger partial charge is 0.493 e. The second-order valence-electron chi connectivity index (χ2n) is 11.5. The minimum absolute atomic E-state index is 0.0226. The normalized spacial score (nSPS) is 16.9. The number of fused-ring (bicyclic) bond motifs is 6. The summed E-state index contributed by atoms with van der Waals surface area (Å²) in [5.41, 5.74) is 8.03. The van der Waals surface area contributed by atoms with Crippen LogP contribution in [0.4, 0.5) is 8.78 Å². The molecule has 2 aliphatic rings. The van der Waals surface area contributed by atoms with Crippen molar-refractivity contribution < 1.29 is 18.3 Å². The molecule has 3 heterocycles. The topological polar surface area (TPSA) is 37.5 Å². The number of aromatic amines is 1. The maximum atomic E-state index is 13.9. The van der Waals surface area contributed by atoms with Crippen LogP contribution in [0.25, 0.3) is 10.9 Å². The van der Waals surface area contributed by atoms with Gasteiger partial charge in [0.25, 0.3) is 0 Å². The van der Waals surface area contributed by atoms with Gasteiger partial charge in [-0.15, -0.1) is 0 Å². The molecule has 1 aromatic heterocycles. The molecule has 2 aliphatic heterocycles. The van der Waals surface area contributed by atoms with Gasteiger partial charge in [0.15, 0.2) is 11.5 Å². The number of halogens is 2. The highest BCUT2D eigenvalue weighted by Gasteiger charge is 2.41. The average Bonchev–Trinajstić information content (AvgIpc) is 3.42. The van der Waals surface area contributed by atoms with Gasteiger partial charge < -0.3 is 14.5 Å². The number of hydrogen-bond acceptors (Lipinski definition) is 3. The van der Waals surface area contributed by atoms with Crippen LogP contribution in [-0.2, 0) is 19.4 Å². The van der Waals surface area contributed by atoms with Gasteiger partial charge >= 0.3 is 0 Å². The van der Waals surface area contributed by atoms with E-state index in [1.54, 1.807) is 31.4 Å². The van der Waals surface area contributed by atoms with Crippen LogP contribution in [0.2, 0.25) is 0 Å². The summed E-state index contributed by atoms with van der Waals surface area (Å²) in [7, 11) is 21.5. The zero-order valence-electron chi connectivity index (χ0n) is 25.0. The van der Waals surface area contributed by atoms with Crippen molar-refractivity contribution in [1.82, 2.24) is 9.88 Å². The zero-order chi connectivity index (χ0) is 31.7. The van der Waals surface area contributed by atoms with Crippen molar-refractivity contribution in [3.05, 3.63) is 130 Å². The van der Waals surface area contributed by atoms with Crippen LogP contribution >= 0.6 is 0 Å². The fourth-order valence-corrected chi connectivity index (χ4v) is 6.32. The van der Waals surface area contributed by atoms with Gasteiger partial charge in [0.2, 0.25) is 0 Å². The number of ether oxygens (including phenoxy) is 2. The third-order valence-corrected chi connectivity index (χ3v) is 8.61. The first kappa shape index (κ1) is 31.2. The van der Waals surface area contributed by atoms with Gasteiger partial charge in [0.05, 0.1) is 13.2 Å². The lowest BCUT2D eigenvalue weighted by Gasteiger charge is -2.46. The Balaban J connectivity index is 0.000000545. The standard InChI is InChI=1S/C33H28F2N2O2.B6/c1-38-30-16-22-14-15-37-29(26(22)18-31(30)39-19-20-6-10-23(34)11-7-20)17-27-25-4-2-3-5-28(25)36-32(27)33(37)21-8-12-24(35)13-9-21;1-5(2)6(3)4/h2-13,16,18,29,33,36H,14-15,17,19H2,1H3;. The summed E-state index contributed by atoms with van der Waals surface area (Å²) >= 11 is 0. The van der Waals surface area contributed by atoms with E-state index in [2.05, 4.69) is 46.3 Å². The van der Waals surface area contributed by atoms with Crippen LogP contribution in [0.5, 0.6) is 11.5 Å². The van der Waals surface area contributed by atoms with Gasteiger partial charge in [-0.2, -0.15) is 0 Å². The van der Waals surface area contributed by atoms with Crippen molar-refractivity contribution in [3.63, 3.8) is 0 Å². The maximum Gasteiger partial charge on any atom is 0.162 e. The number of rotatable bonds is 6. The summed E-state index contributed by atoms with van der Waals surface area (Å²) in [6, 6.07) is 26.0. The van der Waals surface area contributed by atoms with Gasteiger partial charge in [-0.05, 0) is 83.1 Å². The molecule has 4 aromatic carbocycles. The van der Waals surface area contributed by atoms with Gasteiger partial charge in [0.1, 0.15) is 18.2 Å². The molecule has 2 atom stereocenters. The Labute approximate surface area is 269 Å². The number of H-pyrrole nitrogens is 1. The van der Waals surface area contributed by atoms with Crippen molar-refractivity contribution in [2.75, 3.05) is 13.7 Å². The minimum atomic E-state index is -0.593. The summed E-state index contributed by atoms with van der Waals surface area (Å²) < 4.78 is 39.2. The molecule has 0 saturated heterocycles. The highest BCUT2D eigenvalue weighted by molar-refractivity contribution is 7.76. The molecule has 1 N–H and O–H groups in total. The molecule has 0 fully saturated rings. The predicted molar refractivity (Wildman–Crippen MR) is 182 cm³/mol. The van der Waals surface area contributed by atoms with E-state index in [0.29, 0.717) is 18.1 Å². The highest BCUT2D eigenvalue weighted by atomic mass is 19.1. The van der Waals surface area contributed by atoms with Gasteiger partial charge in [-0.1, -0.05) is 42.5 Å². The molecular weight excluding hydrogens is 559 g/mol. The average molecular weight is 587 g/mol. The third kappa shape index (κ3) is 6.48. The van der Waals surface area contributed by atoms with Gasteiger partial charge in [0, 0.05) is 72.9 Å². The highest BCUT2D eigenvalue weighted by Crippen LogP contribution is 2.49. The van der Waals surface area contributed by atoms with E-state index >= 15 is 0 Å². The number of nitrogens with zero attached hydrogens (tertiary/aromatic N) is 1. The van der Waals surface area contributed by atoms with Crippen LogP contribution in [0.3, 0.4) is 0 Å². The first-order valence-corrected chi connectivity index (χ1v) is 14.9. The first-order valence-electron chi connectivity index (χ1n) is 14.9. The molecule has 0 bridgehead atoms. The van der Waals surface area contributed by atoms with Crippen molar-refractivity contribution >= 4 is 54.6 Å². The number of methoxy groups -OCH3 is 1. The Bertz CT molecular complexity index is 1780. The van der Waals surface area contributed by atoms with Crippen LogP contribution in [0, 0.1) is 11.6 Å². The van der Waals surface area contributed by atoms with E-state index in [1.807, 2.05) is 12.1 Å². The zero-order valence-corrected chi connectivity index (χ0v) is 25.0. The Hall–Kier alpha value is -3.77. The van der Waals surface area contributed by atoms with Crippen LogP contribution in [0.1, 0.15) is 45.6 Å². The summed E-state index contributed by atoms with van der Waals surface area (Å²) in [6.45, 7) is 1.18. The van der Waals surface area contributed by atoms with E-state index in [9.17, 15) is 8.78 Å². The van der Waals surface area contributed by atoms with Crippen molar-refractivity contribution in [3.8, 4) is 11.5 Å². The summed E-state index contributed by atoms with van der Waals surface area (Å²) in [4.78, 5) is 6.23. The predicted octanol–water partition coefficient (Wildman–Crippen LogP) is 4.99. The fraction of sp³-hybridized carbons (Fsp3) is 0.212. The second kappa shape index (κ2) is 13.3. The molecule has 0 amide bonds. The molecule has 0 spiro atoms. The fourth-order valence-electron chi connectivity index (χ4n) is 6.32. The Kier molecular flexibility index (Phi) is 9.23. The van der Waals surface area contributed by atoms with E-state index < -0.39 is 12.8 Å². The number of hydrogen-bond donors (Lipinski definition) is 1. The molecule has 45 heavy (non-hydrogen) atoms. The van der Waals surface area contributed by atoms with Gasteiger partial charge in [-0.25, -0.2) is 8.78 Å². The smallest absolute Gasteiger partial charge is 0.162 e. The lowest BCUT2D eigenvalue weighted by atomic mass is 8.81. The summed E-state index contributed by atoms with van der Waals surface area (Å²) in [5.74, 6) is 0.866. The van der Waals surface area contributed by atoms with E-state index in [0.717, 1.165) is 36.0 Å². The van der Waals surface area contributed by atoms with Crippen molar-refractivity contribution in [1.29, 1.82) is 0 Å². The summed E-state index contributed by atoms with van der Waals surface area (Å²) in [6.07, 6.45) is 0.538.